The minimum atomic E-state index is -0.437. The van der Waals surface area contributed by atoms with Gasteiger partial charge in [-0.15, -0.1) is 12.6 Å². The number of rotatable bonds is 1. The first-order valence-corrected chi connectivity index (χ1v) is 3.51. The molecule has 0 aliphatic rings. The van der Waals surface area contributed by atoms with Crippen molar-refractivity contribution in [1.82, 2.24) is 0 Å². The average molecular weight is 238 g/mol. The van der Waals surface area contributed by atoms with E-state index in [0.717, 1.165) is 4.90 Å². The van der Waals surface area contributed by atoms with E-state index < -0.39 is 5.24 Å². The normalized spacial score (nSPS) is 8.55. The molecule has 0 amide bonds. The zero-order chi connectivity index (χ0) is 7.56. The molecule has 0 saturated carbocycles. The van der Waals surface area contributed by atoms with Crippen LogP contribution in [0.4, 0.5) is 0 Å². The molecule has 0 radical (unpaired) electrons. The largest absolute Gasteiger partial charge is 2.00 e. The van der Waals surface area contributed by atoms with Gasteiger partial charge < -0.3 is 0 Å². The van der Waals surface area contributed by atoms with Gasteiger partial charge in [-0.05, 0) is 35.9 Å². The Kier molecular flexibility index (Phi) is 4.99. The van der Waals surface area contributed by atoms with E-state index in [1.54, 1.807) is 24.3 Å². The molecule has 0 atom stereocenters. The van der Waals surface area contributed by atoms with E-state index >= 15 is 0 Å². The van der Waals surface area contributed by atoms with Crippen molar-refractivity contribution >= 4 is 29.5 Å². The fourth-order valence-corrected chi connectivity index (χ4v) is 0.868. The molecule has 1 nitrogen and oxygen atoms in total. The van der Waals surface area contributed by atoms with Crippen molar-refractivity contribution < 1.29 is 24.3 Å². The Bertz CT molecular complexity index is 247. The Hall–Kier alpha value is 0.153. The molecule has 1 rings (SSSR count). The van der Waals surface area contributed by atoms with Crippen LogP contribution in [0.5, 0.6) is 0 Å². The quantitative estimate of drug-likeness (QED) is 0.451. The van der Waals surface area contributed by atoms with Crippen LogP contribution in [0.1, 0.15) is 10.4 Å². The van der Waals surface area contributed by atoms with Gasteiger partial charge >= 0.3 is 19.5 Å². The van der Waals surface area contributed by atoms with Crippen molar-refractivity contribution in [1.29, 1.82) is 0 Å². The van der Waals surface area contributed by atoms with Crippen LogP contribution >= 0.6 is 24.2 Å². The van der Waals surface area contributed by atoms with Gasteiger partial charge in [0, 0.05) is 10.5 Å². The van der Waals surface area contributed by atoms with Crippen LogP contribution in [-0.4, -0.2) is 5.24 Å². The Labute approximate surface area is 88.3 Å². The molecular formula is C7H5ClOSZn+2. The van der Waals surface area contributed by atoms with Crippen molar-refractivity contribution in [3.63, 3.8) is 0 Å². The molecule has 1 aromatic rings. The fraction of sp³-hybridized carbons (Fsp3) is 0. The van der Waals surface area contributed by atoms with Crippen molar-refractivity contribution in [2.24, 2.45) is 0 Å². The van der Waals surface area contributed by atoms with Crippen LogP contribution in [0.15, 0.2) is 29.2 Å². The molecule has 0 aromatic heterocycles. The fourth-order valence-electron chi connectivity index (χ4n) is 0.592. The molecule has 0 saturated heterocycles. The molecule has 0 N–H and O–H groups in total. The zero-order valence-electron chi connectivity index (χ0n) is 5.75. The van der Waals surface area contributed by atoms with E-state index in [1.807, 2.05) is 0 Å². The van der Waals surface area contributed by atoms with Gasteiger partial charge in [0.15, 0.2) is 0 Å². The number of halogens is 1. The maximum absolute atomic E-state index is 10.5. The molecule has 4 heteroatoms. The maximum atomic E-state index is 10.5. The van der Waals surface area contributed by atoms with E-state index in [0.29, 0.717) is 5.56 Å². The average Bonchev–Trinajstić information content (AvgIpc) is 1.88. The van der Waals surface area contributed by atoms with Gasteiger partial charge in [0.2, 0.25) is 0 Å². The molecule has 0 aliphatic heterocycles. The summed E-state index contributed by atoms with van der Waals surface area (Å²) in [5.41, 5.74) is 0.500. The number of thiol groups is 1. The van der Waals surface area contributed by atoms with Crippen LogP contribution in [-0.2, 0) is 19.5 Å². The third kappa shape index (κ3) is 3.37. The van der Waals surface area contributed by atoms with Gasteiger partial charge in [0.1, 0.15) is 0 Å². The second-order valence-electron chi connectivity index (χ2n) is 1.82. The molecule has 0 spiro atoms. The standard InChI is InChI=1S/C7H5ClOS.Zn/c8-7(9)5-1-3-6(10)4-2-5;/h1-4,10H;/q;+2. The van der Waals surface area contributed by atoms with Gasteiger partial charge in [-0.2, -0.15) is 0 Å². The van der Waals surface area contributed by atoms with Crippen molar-refractivity contribution in [3.05, 3.63) is 29.8 Å². The van der Waals surface area contributed by atoms with Crippen LogP contribution in [0.25, 0.3) is 0 Å². The van der Waals surface area contributed by atoms with E-state index in [1.165, 1.54) is 0 Å². The van der Waals surface area contributed by atoms with Gasteiger partial charge in [-0.3, -0.25) is 4.79 Å². The maximum Gasteiger partial charge on any atom is 2.00 e. The summed E-state index contributed by atoms with van der Waals surface area (Å²) >= 11 is 9.24. The predicted octanol–water partition coefficient (Wildman–Crippen LogP) is 2.35. The third-order valence-electron chi connectivity index (χ3n) is 1.09. The summed E-state index contributed by atoms with van der Waals surface area (Å²) in [4.78, 5) is 11.3. The van der Waals surface area contributed by atoms with Crippen LogP contribution < -0.4 is 0 Å². The smallest absolute Gasteiger partial charge is 0.276 e. The van der Waals surface area contributed by atoms with Crippen molar-refractivity contribution in [2.75, 3.05) is 0 Å². The predicted molar refractivity (Wildman–Crippen MR) is 43.9 cm³/mol. The number of hydrogen-bond donors (Lipinski definition) is 1. The molecule has 0 fully saturated rings. The number of hydrogen-bond acceptors (Lipinski definition) is 2. The Morgan fingerprint density at radius 1 is 1.27 bits per heavy atom. The van der Waals surface area contributed by atoms with E-state index in [4.69, 9.17) is 11.6 Å². The summed E-state index contributed by atoms with van der Waals surface area (Å²) in [7, 11) is 0. The van der Waals surface area contributed by atoms with Gasteiger partial charge in [-0.25, -0.2) is 0 Å². The third-order valence-corrected chi connectivity index (χ3v) is 1.61. The first-order valence-electron chi connectivity index (χ1n) is 2.69. The molecule has 11 heavy (non-hydrogen) atoms. The van der Waals surface area contributed by atoms with Crippen molar-refractivity contribution in [3.8, 4) is 0 Å². The van der Waals surface area contributed by atoms with E-state index in [-0.39, 0.29) is 19.5 Å². The first-order chi connectivity index (χ1) is 4.70. The molecule has 52 valence electrons. The first kappa shape index (κ1) is 11.2. The SMILES string of the molecule is O=C(Cl)c1ccc(S)cc1.[Zn+2]. The molecule has 0 heterocycles. The topological polar surface area (TPSA) is 17.1 Å². The van der Waals surface area contributed by atoms with Gasteiger partial charge in [-0.1, -0.05) is 0 Å². The number of carbonyl (C=O) groups excluding carboxylic acids is 1. The minimum Gasteiger partial charge on any atom is -0.276 e. The van der Waals surface area contributed by atoms with Crippen LogP contribution in [0.3, 0.4) is 0 Å². The minimum absolute atomic E-state index is 0. The number of carbonyl (C=O) groups is 1. The van der Waals surface area contributed by atoms with Gasteiger partial charge in [0.25, 0.3) is 5.24 Å². The van der Waals surface area contributed by atoms with Crippen LogP contribution in [0.2, 0.25) is 0 Å². The summed E-state index contributed by atoms with van der Waals surface area (Å²) in [5.74, 6) is 0. The van der Waals surface area contributed by atoms with Gasteiger partial charge in [0.05, 0.1) is 0 Å². The molecular weight excluding hydrogens is 233 g/mol. The van der Waals surface area contributed by atoms with E-state index in [9.17, 15) is 4.79 Å². The zero-order valence-corrected chi connectivity index (χ0v) is 10.4. The summed E-state index contributed by atoms with van der Waals surface area (Å²) in [6.45, 7) is 0. The van der Waals surface area contributed by atoms with Crippen LogP contribution in [0, 0.1) is 0 Å². The summed E-state index contributed by atoms with van der Waals surface area (Å²) in [6.07, 6.45) is 0. The molecule has 0 aliphatic carbocycles. The molecule has 1 aromatic carbocycles. The van der Waals surface area contributed by atoms with Crippen molar-refractivity contribution in [2.45, 2.75) is 4.90 Å². The number of benzene rings is 1. The molecule has 0 unspecified atom stereocenters. The Morgan fingerprint density at radius 2 is 1.73 bits per heavy atom. The summed E-state index contributed by atoms with van der Waals surface area (Å²) in [6, 6.07) is 6.72. The summed E-state index contributed by atoms with van der Waals surface area (Å²) in [5, 5.41) is -0.437. The molecule has 0 bridgehead atoms. The second-order valence-corrected chi connectivity index (χ2v) is 2.68. The Balaban J connectivity index is 0.000001000. The summed E-state index contributed by atoms with van der Waals surface area (Å²) < 4.78 is 0. The second kappa shape index (κ2) is 4.92. The monoisotopic (exact) mass is 236 g/mol. The van der Waals surface area contributed by atoms with E-state index in [2.05, 4.69) is 12.6 Å². The Morgan fingerprint density at radius 3 is 2.09 bits per heavy atom.